The molecular formula is C23H29ClN4O4. The molecule has 4 aliphatic heterocycles. The van der Waals surface area contributed by atoms with Crippen LogP contribution in [0.25, 0.3) is 0 Å². The van der Waals surface area contributed by atoms with Crippen molar-refractivity contribution >= 4 is 29.2 Å². The Labute approximate surface area is 192 Å². The zero-order valence-corrected chi connectivity index (χ0v) is 18.9. The minimum absolute atomic E-state index is 0.00391. The molecular weight excluding hydrogens is 432 g/mol. The van der Waals surface area contributed by atoms with E-state index in [1.807, 2.05) is 12.1 Å². The number of rotatable bonds is 3. The van der Waals surface area contributed by atoms with Crippen molar-refractivity contribution in [2.45, 2.75) is 43.9 Å². The third kappa shape index (κ3) is 3.48. The van der Waals surface area contributed by atoms with Crippen molar-refractivity contribution < 1.29 is 19.1 Å². The van der Waals surface area contributed by atoms with Crippen LogP contribution >= 0.6 is 11.6 Å². The zero-order chi connectivity index (χ0) is 21.9. The Balaban J connectivity index is 1.02. The van der Waals surface area contributed by atoms with Gasteiger partial charge in [0, 0.05) is 31.6 Å². The van der Waals surface area contributed by atoms with Crippen molar-refractivity contribution in [3.63, 3.8) is 0 Å². The smallest absolute Gasteiger partial charge is 0.320 e. The van der Waals surface area contributed by atoms with E-state index >= 15 is 0 Å². The second-order valence-electron chi connectivity index (χ2n) is 9.98. The summed E-state index contributed by atoms with van der Waals surface area (Å²) >= 11 is 6.69. The molecule has 2 unspecified atom stereocenters. The van der Waals surface area contributed by atoms with Gasteiger partial charge in [-0.3, -0.25) is 4.79 Å². The highest BCUT2D eigenvalue weighted by Gasteiger charge is 2.48. The summed E-state index contributed by atoms with van der Waals surface area (Å²) in [4.78, 5) is 30.4. The predicted molar refractivity (Wildman–Crippen MR) is 119 cm³/mol. The van der Waals surface area contributed by atoms with Gasteiger partial charge < -0.3 is 29.5 Å². The van der Waals surface area contributed by atoms with Crippen LogP contribution in [0.1, 0.15) is 25.7 Å². The molecule has 1 spiro atoms. The summed E-state index contributed by atoms with van der Waals surface area (Å²) in [6.07, 6.45) is 4.70. The molecule has 1 N–H and O–H groups in total. The van der Waals surface area contributed by atoms with E-state index in [1.165, 1.54) is 19.3 Å². The van der Waals surface area contributed by atoms with Gasteiger partial charge in [0.15, 0.2) is 0 Å². The number of benzene rings is 1. The second-order valence-corrected chi connectivity index (χ2v) is 10.4. The lowest BCUT2D eigenvalue weighted by atomic mass is 9.63. The lowest BCUT2D eigenvalue weighted by Gasteiger charge is -2.57. The van der Waals surface area contributed by atoms with Crippen LogP contribution in [-0.2, 0) is 9.53 Å². The first kappa shape index (κ1) is 20.4. The third-order valence-electron chi connectivity index (χ3n) is 7.76. The number of carbonyl (C=O) groups excluding carboxylic acids is 2. The predicted octanol–water partition coefficient (Wildman–Crippen LogP) is 2.10. The zero-order valence-electron chi connectivity index (χ0n) is 18.1. The van der Waals surface area contributed by atoms with Gasteiger partial charge in [-0.15, -0.1) is 0 Å². The largest absolute Gasteiger partial charge is 0.485 e. The molecule has 6 rings (SSSR count). The van der Waals surface area contributed by atoms with E-state index in [2.05, 4.69) is 16.3 Å². The molecule has 0 radical (unpaired) electrons. The monoisotopic (exact) mass is 460 g/mol. The summed E-state index contributed by atoms with van der Waals surface area (Å²) in [5.41, 5.74) is 1.59. The molecule has 1 saturated carbocycles. The highest BCUT2D eigenvalue weighted by Crippen LogP contribution is 2.51. The number of urea groups is 1. The van der Waals surface area contributed by atoms with Crippen LogP contribution in [0.15, 0.2) is 18.2 Å². The Morgan fingerprint density at radius 1 is 1.19 bits per heavy atom. The molecule has 0 aromatic heterocycles. The number of hydrogen-bond donors (Lipinski definition) is 1. The van der Waals surface area contributed by atoms with E-state index in [9.17, 15) is 9.59 Å². The fraction of sp³-hybridized carbons (Fsp3) is 0.652. The Bertz CT molecular complexity index is 925. The van der Waals surface area contributed by atoms with Crippen LogP contribution in [0.2, 0.25) is 5.02 Å². The highest BCUT2D eigenvalue weighted by atomic mass is 35.5. The van der Waals surface area contributed by atoms with Crippen molar-refractivity contribution in [1.29, 1.82) is 0 Å². The molecule has 1 aliphatic carbocycles. The van der Waals surface area contributed by atoms with Gasteiger partial charge in [-0.2, -0.15) is 0 Å². The van der Waals surface area contributed by atoms with Crippen molar-refractivity contribution in [1.82, 2.24) is 15.1 Å². The van der Waals surface area contributed by atoms with E-state index in [0.717, 1.165) is 25.2 Å². The average Bonchev–Trinajstić information content (AvgIpc) is 2.69. The molecule has 4 heterocycles. The van der Waals surface area contributed by atoms with Gasteiger partial charge in [0.05, 0.1) is 30.9 Å². The first-order valence-electron chi connectivity index (χ1n) is 11.6. The highest BCUT2D eigenvalue weighted by molar-refractivity contribution is 6.34. The fourth-order valence-corrected chi connectivity index (χ4v) is 5.97. The first-order valence-corrected chi connectivity index (χ1v) is 12.0. The molecule has 172 valence electrons. The number of nitrogens with zero attached hydrogens (tertiary/aromatic N) is 3. The minimum Gasteiger partial charge on any atom is -0.485 e. The number of piperidine rings is 1. The molecule has 9 heteroatoms. The summed E-state index contributed by atoms with van der Waals surface area (Å²) in [6, 6.07) is 5.84. The lowest BCUT2D eigenvalue weighted by Crippen LogP contribution is -2.65. The molecule has 5 fully saturated rings. The van der Waals surface area contributed by atoms with Gasteiger partial charge >= 0.3 is 6.03 Å². The Morgan fingerprint density at radius 2 is 2.00 bits per heavy atom. The normalized spacial score (nSPS) is 28.9. The molecule has 3 amide bonds. The Morgan fingerprint density at radius 3 is 2.75 bits per heavy atom. The molecule has 8 nitrogen and oxygen atoms in total. The second kappa shape index (κ2) is 7.70. The van der Waals surface area contributed by atoms with Crippen LogP contribution in [0.3, 0.4) is 0 Å². The van der Waals surface area contributed by atoms with Gasteiger partial charge in [0.1, 0.15) is 23.5 Å². The number of nitrogens with one attached hydrogen (secondary N) is 1. The maximum absolute atomic E-state index is 12.9. The number of likely N-dealkylation sites (tertiary alicyclic amines) is 2. The summed E-state index contributed by atoms with van der Waals surface area (Å²) < 4.78 is 11.7. The number of carbonyl (C=O) groups is 2. The maximum atomic E-state index is 12.9. The molecule has 5 aliphatic rings. The van der Waals surface area contributed by atoms with Gasteiger partial charge in [0.2, 0.25) is 5.91 Å². The van der Waals surface area contributed by atoms with Crippen LogP contribution in [-0.4, -0.2) is 85.9 Å². The van der Waals surface area contributed by atoms with Crippen LogP contribution in [0, 0.1) is 5.41 Å². The number of morpholine rings is 1. The standard InChI is InChI=1S/C23H29ClN4O4/c24-21-17(28-13-23(14-28)6-2-7-23)3-1-4-19(21)32-15-9-27(10-15)22(30)26-8-5-18-16(11-26)25-20(29)12-31-18/h1,3-4,15-16,18H,2,5-14H2,(H,25,29). The van der Waals surface area contributed by atoms with Gasteiger partial charge in [0.25, 0.3) is 0 Å². The average molecular weight is 461 g/mol. The van der Waals surface area contributed by atoms with Crippen LogP contribution in [0.5, 0.6) is 5.75 Å². The van der Waals surface area contributed by atoms with E-state index in [1.54, 1.807) is 9.80 Å². The summed E-state index contributed by atoms with van der Waals surface area (Å²) in [6.45, 7) is 4.50. The number of halogens is 1. The lowest BCUT2D eigenvalue weighted by molar-refractivity contribution is -0.139. The molecule has 2 atom stereocenters. The quantitative estimate of drug-likeness (QED) is 0.747. The number of anilines is 1. The maximum Gasteiger partial charge on any atom is 0.320 e. The Kier molecular flexibility index (Phi) is 4.91. The van der Waals surface area contributed by atoms with Gasteiger partial charge in [-0.25, -0.2) is 4.79 Å². The molecule has 32 heavy (non-hydrogen) atoms. The van der Waals surface area contributed by atoms with Crippen molar-refractivity contribution in [2.24, 2.45) is 5.41 Å². The number of hydrogen-bond acceptors (Lipinski definition) is 5. The van der Waals surface area contributed by atoms with E-state index in [0.29, 0.717) is 42.4 Å². The van der Waals surface area contributed by atoms with E-state index in [-0.39, 0.29) is 36.8 Å². The number of amides is 3. The molecule has 0 bridgehead atoms. The van der Waals surface area contributed by atoms with Gasteiger partial charge in [-0.1, -0.05) is 24.1 Å². The minimum atomic E-state index is -0.121. The van der Waals surface area contributed by atoms with Crippen LogP contribution in [0.4, 0.5) is 10.5 Å². The molecule has 4 saturated heterocycles. The third-order valence-corrected chi connectivity index (χ3v) is 8.14. The van der Waals surface area contributed by atoms with E-state index in [4.69, 9.17) is 21.1 Å². The molecule has 1 aromatic rings. The summed E-state index contributed by atoms with van der Waals surface area (Å²) in [5.74, 6) is 0.580. The van der Waals surface area contributed by atoms with Crippen LogP contribution < -0.4 is 15.0 Å². The van der Waals surface area contributed by atoms with Crippen molar-refractivity contribution in [3.8, 4) is 5.75 Å². The summed E-state index contributed by atoms with van der Waals surface area (Å²) in [7, 11) is 0. The number of fused-ring (bicyclic) bond motifs is 1. The topological polar surface area (TPSA) is 74.3 Å². The molecule has 1 aromatic carbocycles. The first-order chi connectivity index (χ1) is 15.5. The van der Waals surface area contributed by atoms with Gasteiger partial charge in [-0.05, 0) is 31.4 Å². The Hall–Kier alpha value is -2.19. The number of ether oxygens (including phenoxy) is 2. The SMILES string of the molecule is O=C1COC2CCN(C(=O)N3CC(Oc4cccc(N5CC6(CCC6)C5)c4Cl)C3)CC2N1. The fourth-order valence-electron chi connectivity index (χ4n) is 5.68. The van der Waals surface area contributed by atoms with Crippen molar-refractivity contribution in [3.05, 3.63) is 23.2 Å². The van der Waals surface area contributed by atoms with Crippen molar-refractivity contribution in [2.75, 3.05) is 50.8 Å². The van der Waals surface area contributed by atoms with E-state index < -0.39 is 0 Å². The summed E-state index contributed by atoms with van der Waals surface area (Å²) in [5, 5.41) is 3.61.